The molecule has 0 aliphatic rings. The highest BCUT2D eigenvalue weighted by Gasteiger charge is 2.15. The van der Waals surface area contributed by atoms with Crippen molar-refractivity contribution in [3.63, 3.8) is 0 Å². The summed E-state index contributed by atoms with van der Waals surface area (Å²) in [6.07, 6.45) is 0. The van der Waals surface area contributed by atoms with Gasteiger partial charge in [0.2, 0.25) is 5.91 Å². The molecule has 1 aromatic heterocycles. The molecule has 6 nitrogen and oxygen atoms in total. The first-order valence-corrected chi connectivity index (χ1v) is 7.23. The quantitative estimate of drug-likeness (QED) is 0.692. The van der Waals surface area contributed by atoms with Crippen LogP contribution in [0.25, 0.3) is 10.1 Å². The number of anilines is 1. The Bertz CT molecular complexity index is 681. The minimum absolute atomic E-state index is 0.153. The molecule has 112 valence electrons. The average molecular weight is 307 g/mol. The molecule has 0 fully saturated rings. The van der Waals surface area contributed by atoms with Gasteiger partial charge in [0.1, 0.15) is 11.5 Å². The van der Waals surface area contributed by atoms with E-state index in [2.05, 4.69) is 5.32 Å². The van der Waals surface area contributed by atoms with Crippen LogP contribution in [0.4, 0.5) is 5.69 Å². The normalized spacial score (nSPS) is 10.7. The smallest absolute Gasteiger partial charge is 0.263 e. The summed E-state index contributed by atoms with van der Waals surface area (Å²) in [7, 11) is 0. The van der Waals surface area contributed by atoms with Gasteiger partial charge in [-0.05, 0) is 18.6 Å². The van der Waals surface area contributed by atoms with Crippen LogP contribution in [0.2, 0.25) is 0 Å². The third-order valence-corrected chi connectivity index (χ3v) is 4.03. The number of fused-ring (bicyclic) bond motifs is 1. The fourth-order valence-corrected chi connectivity index (χ4v) is 3.02. The zero-order chi connectivity index (χ0) is 15.4. The van der Waals surface area contributed by atoms with Crippen molar-refractivity contribution in [1.82, 2.24) is 5.32 Å². The van der Waals surface area contributed by atoms with E-state index < -0.39 is 5.91 Å². The molecule has 5 N–H and O–H groups in total. The summed E-state index contributed by atoms with van der Waals surface area (Å²) in [5.41, 5.74) is 12.6. The summed E-state index contributed by atoms with van der Waals surface area (Å²) in [5.74, 6) is -0.778. The Labute approximate surface area is 126 Å². The molecule has 0 unspecified atom stereocenters. The molecule has 0 saturated heterocycles. The molecule has 7 heteroatoms. The summed E-state index contributed by atoms with van der Waals surface area (Å²) >= 11 is 1.36. The molecule has 0 saturated carbocycles. The third-order valence-electron chi connectivity index (χ3n) is 2.87. The van der Waals surface area contributed by atoms with Gasteiger partial charge < -0.3 is 21.5 Å². The van der Waals surface area contributed by atoms with E-state index in [-0.39, 0.29) is 19.1 Å². The summed E-state index contributed by atoms with van der Waals surface area (Å²) in [6, 6.07) is 5.89. The highest BCUT2D eigenvalue weighted by Crippen LogP contribution is 2.33. The first kappa shape index (κ1) is 15.3. The SMILES string of the molecule is Cc1ccc2c(N)c(C(=O)NCCOCC(N)=O)sc2c1. The van der Waals surface area contributed by atoms with E-state index in [1.807, 2.05) is 25.1 Å². The molecule has 0 atom stereocenters. The van der Waals surface area contributed by atoms with Crippen LogP contribution in [0, 0.1) is 6.92 Å². The van der Waals surface area contributed by atoms with Gasteiger partial charge in [0.25, 0.3) is 5.91 Å². The summed E-state index contributed by atoms with van der Waals surface area (Å²) < 4.78 is 5.96. The second-order valence-corrected chi connectivity index (χ2v) is 5.67. The molecule has 0 bridgehead atoms. The number of primary amides is 1. The van der Waals surface area contributed by atoms with Crippen molar-refractivity contribution in [2.24, 2.45) is 5.73 Å². The zero-order valence-electron chi connectivity index (χ0n) is 11.6. The third kappa shape index (κ3) is 3.71. The van der Waals surface area contributed by atoms with Gasteiger partial charge in [0.15, 0.2) is 0 Å². The lowest BCUT2D eigenvalue weighted by atomic mass is 10.1. The lowest BCUT2D eigenvalue weighted by Crippen LogP contribution is -2.28. The van der Waals surface area contributed by atoms with Crippen LogP contribution < -0.4 is 16.8 Å². The van der Waals surface area contributed by atoms with Crippen LogP contribution in [0.15, 0.2) is 18.2 Å². The Balaban J connectivity index is 1.99. The maximum Gasteiger partial charge on any atom is 0.263 e. The van der Waals surface area contributed by atoms with Crippen LogP contribution in [-0.2, 0) is 9.53 Å². The maximum atomic E-state index is 12.1. The molecule has 1 heterocycles. The van der Waals surface area contributed by atoms with E-state index in [1.54, 1.807) is 0 Å². The number of hydrogen-bond acceptors (Lipinski definition) is 5. The average Bonchev–Trinajstić information content (AvgIpc) is 2.74. The number of thiophene rings is 1. The van der Waals surface area contributed by atoms with E-state index >= 15 is 0 Å². The van der Waals surface area contributed by atoms with Crippen molar-refractivity contribution < 1.29 is 14.3 Å². The molecule has 2 aromatic rings. The van der Waals surface area contributed by atoms with Crippen LogP contribution in [0.1, 0.15) is 15.2 Å². The van der Waals surface area contributed by atoms with E-state index in [0.29, 0.717) is 17.1 Å². The van der Waals surface area contributed by atoms with Crippen molar-refractivity contribution in [2.45, 2.75) is 6.92 Å². The van der Waals surface area contributed by atoms with Crippen LogP contribution >= 0.6 is 11.3 Å². The summed E-state index contributed by atoms with van der Waals surface area (Å²) in [6.45, 7) is 2.35. The van der Waals surface area contributed by atoms with Crippen molar-refractivity contribution in [2.75, 3.05) is 25.5 Å². The fraction of sp³-hybridized carbons (Fsp3) is 0.286. The standard InChI is InChI=1S/C14H17N3O3S/c1-8-2-3-9-10(6-8)21-13(12(9)16)14(19)17-4-5-20-7-11(15)18/h2-3,6H,4-5,7,16H2,1H3,(H2,15,18)(H,17,19). The van der Waals surface area contributed by atoms with Gasteiger partial charge in [-0.25, -0.2) is 0 Å². The van der Waals surface area contributed by atoms with Crippen LogP contribution in [0.3, 0.4) is 0 Å². The largest absolute Gasteiger partial charge is 0.397 e. The second kappa shape index (κ2) is 6.55. The molecule has 2 rings (SSSR count). The molecule has 1 aromatic carbocycles. The Morgan fingerprint density at radius 3 is 2.86 bits per heavy atom. The number of nitrogens with two attached hydrogens (primary N) is 2. The lowest BCUT2D eigenvalue weighted by Gasteiger charge is -2.04. The minimum Gasteiger partial charge on any atom is -0.397 e. The number of carbonyl (C=O) groups is 2. The first-order valence-electron chi connectivity index (χ1n) is 6.42. The highest BCUT2D eigenvalue weighted by molar-refractivity contribution is 7.21. The number of hydrogen-bond donors (Lipinski definition) is 3. The van der Waals surface area contributed by atoms with Gasteiger partial charge in [0.05, 0.1) is 12.3 Å². The van der Waals surface area contributed by atoms with Gasteiger partial charge in [-0.15, -0.1) is 11.3 Å². The predicted molar refractivity (Wildman–Crippen MR) is 83.3 cm³/mol. The van der Waals surface area contributed by atoms with Crippen molar-refractivity contribution >= 4 is 38.9 Å². The molecule has 2 amide bonds. The van der Waals surface area contributed by atoms with E-state index in [1.165, 1.54) is 11.3 Å². The van der Waals surface area contributed by atoms with E-state index in [0.717, 1.165) is 15.6 Å². The van der Waals surface area contributed by atoms with Gasteiger partial charge in [-0.3, -0.25) is 9.59 Å². The molecule has 0 spiro atoms. The Morgan fingerprint density at radius 2 is 2.14 bits per heavy atom. The van der Waals surface area contributed by atoms with Gasteiger partial charge in [-0.2, -0.15) is 0 Å². The van der Waals surface area contributed by atoms with Crippen LogP contribution in [-0.4, -0.2) is 31.6 Å². The number of ether oxygens (including phenoxy) is 1. The van der Waals surface area contributed by atoms with E-state index in [9.17, 15) is 9.59 Å². The first-order chi connectivity index (χ1) is 9.99. The lowest BCUT2D eigenvalue weighted by molar-refractivity contribution is -0.122. The van der Waals surface area contributed by atoms with Crippen molar-refractivity contribution in [1.29, 1.82) is 0 Å². The minimum atomic E-state index is -0.537. The molecule has 21 heavy (non-hydrogen) atoms. The fourth-order valence-electron chi connectivity index (χ4n) is 1.88. The van der Waals surface area contributed by atoms with Crippen molar-refractivity contribution in [3.8, 4) is 0 Å². The van der Waals surface area contributed by atoms with Crippen molar-refractivity contribution in [3.05, 3.63) is 28.6 Å². The van der Waals surface area contributed by atoms with Gasteiger partial charge in [-0.1, -0.05) is 12.1 Å². The Hall–Kier alpha value is -2.12. The van der Waals surface area contributed by atoms with E-state index in [4.69, 9.17) is 16.2 Å². The summed E-state index contributed by atoms with van der Waals surface area (Å²) in [4.78, 5) is 23.1. The second-order valence-electron chi connectivity index (χ2n) is 4.62. The monoisotopic (exact) mass is 307 g/mol. The van der Waals surface area contributed by atoms with Crippen LogP contribution in [0.5, 0.6) is 0 Å². The molecule has 0 aliphatic carbocycles. The topological polar surface area (TPSA) is 107 Å². The zero-order valence-corrected chi connectivity index (χ0v) is 12.5. The molecule has 0 radical (unpaired) electrons. The van der Waals surface area contributed by atoms with Gasteiger partial charge in [0, 0.05) is 16.6 Å². The number of nitrogens with one attached hydrogen (secondary N) is 1. The molecular weight excluding hydrogens is 290 g/mol. The number of amides is 2. The molecule has 0 aliphatic heterocycles. The Morgan fingerprint density at radius 1 is 1.38 bits per heavy atom. The Kier molecular flexibility index (Phi) is 4.77. The molecular formula is C14H17N3O3S. The summed E-state index contributed by atoms with van der Waals surface area (Å²) in [5, 5.41) is 3.59. The maximum absolute atomic E-state index is 12.1. The number of carbonyl (C=O) groups excluding carboxylic acids is 2. The van der Waals surface area contributed by atoms with Gasteiger partial charge >= 0.3 is 0 Å². The number of nitrogen functional groups attached to an aromatic ring is 1. The number of rotatable bonds is 6. The highest BCUT2D eigenvalue weighted by atomic mass is 32.1. The predicted octanol–water partition coefficient (Wildman–Crippen LogP) is 1.02. The number of benzene rings is 1. The number of aryl methyl sites for hydroxylation is 1.